The van der Waals surface area contributed by atoms with E-state index < -0.39 is 0 Å². The topological polar surface area (TPSA) is 9.23 Å². The fourth-order valence-electron chi connectivity index (χ4n) is 2.35. The quantitative estimate of drug-likeness (QED) is 0.589. The third-order valence-corrected chi connectivity index (χ3v) is 2.87. The first-order valence-corrected chi connectivity index (χ1v) is 5.17. The zero-order chi connectivity index (χ0) is 8.86. The van der Waals surface area contributed by atoms with Crippen LogP contribution >= 0.6 is 0 Å². The predicted octanol–water partition coefficient (Wildman–Crippen LogP) is 2.00. The van der Waals surface area contributed by atoms with Crippen molar-refractivity contribution in [2.75, 3.05) is 33.5 Å². The summed E-state index contributed by atoms with van der Waals surface area (Å²) in [7, 11) is 1.82. The van der Waals surface area contributed by atoms with Crippen LogP contribution in [0, 0.1) is 0 Å². The largest absolute Gasteiger partial charge is 0.335 e. The summed E-state index contributed by atoms with van der Waals surface area (Å²) in [5.74, 6) is 0. The molecule has 0 atom stereocenters. The number of piperidine rings is 1. The summed E-state index contributed by atoms with van der Waals surface area (Å²) in [5, 5.41) is 0. The molecule has 0 aliphatic carbocycles. The predicted molar refractivity (Wildman–Crippen MR) is 50.9 cm³/mol. The van der Waals surface area contributed by atoms with E-state index in [9.17, 15) is 0 Å². The van der Waals surface area contributed by atoms with Crippen molar-refractivity contribution in [1.29, 1.82) is 0 Å². The van der Waals surface area contributed by atoms with E-state index in [1.807, 2.05) is 7.11 Å². The molecule has 0 aromatic rings. The van der Waals surface area contributed by atoms with E-state index >= 15 is 0 Å². The molecule has 1 aliphatic rings. The van der Waals surface area contributed by atoms with Gasteiger partial charge in [0.05, 0.1) is 19.6 Å². The van der Waals surface area contributed by atoms with Gasteiger partial charge in [-0.2, -0.15) is 0 Å². The molecule has 0 aromatic carbocycles. The van der Waals surface area contributed by atoms with Crippen molar-refractivity contribution in [3.05, 3.63) is 0 Å². The average molecular weight is 172 g/mol. The minimum Gasteiger partial charge on any atom is -0.335 e. The van der Waals surface area contributed by atoms with E-state index in [-0.39, 0.29) is 0 Å². The Hall–Kier alpha value is -0.0800. The molecule has 1 rings (SSSR count). The van der Waals surface area contributed by atoms with Crippen LogP contribution in [0.2, 0.25) is 0 Å². The molecule has 0 aromatic heterocycles. The highest BCUT2D eigenvalue weighted by atomic mass is 16.5. The number of methoxy groups -OCH3 is 1. The SMILES string of the molecule is CCC[N+]1(COC)CCCCC1. The Morgan fingerprint density at radius 1 is 1.17 bits per heavy atom. The maximum absolute atomic E-state index is 5.31. The standard InChI is InChI=1S/C10H22NO/c1-3-7-11(10-12-2)8-5-4-6-9-11/h3-10H2,1-2H3/q+1. The lowest BCUT2D eigenvalue weighted by molar-refractivity contribution is -0.949. The molecule has 2 heteroatoms. The van der Waals surface area contributed by atoms with Gasteiger partial charge in [-0.3, -0.25) is 0 Å². The van der Waals surface area contributed by atoms with E-state index in [0.29, 0.717) is 0 Å². The molecule has 0 bridgehead atoms. The molecule has 1 saturated heterocycles. The second kappa shape index (κ2) is 4.83. The Balaban J connectivity index is 2.44. The summed E-state index contributed by atoms with van der Waals surface area (Å²) in [6, 6.07) is 0. The van der Waals surface area contributed by atoms with Gasteiger partial charge >= 0.3 is 0 Å². The maximum Gasteiger partial charge on any atom is 0.182 e. The van der Waals surface area contributed by atoms with E-state index in [1.165, 1.54) is 49.8 Å². The molecular weight excluding hydrogens is 150 g/mol. The smallest absolute Gasteiger partial charge is 0.182 e. The summed E-state index contributed by atoms with van der Waals surface area (Å²) in [6.07, 6.45) is 5.49. The van der Waals surface area contributed by atoms with Crippen molar-refractivity contribution in [2.24, 2.45) is 0 Å². The van der Waals surface area contributed by atoms with Crippen LogP contribution in [0.25, 0.3) is 0 Å². The van der Waals surface area contributed by atoms with E-state index in [4.69, 9.17) is 4.74 Å². The van der Waals surface area contributed by atoms with Crippen molar-refractivity contribution in [2.45, 2.75) is 32.6 Å². The average Bonchev–Trinajstić information content (AvgIpc) is 2.07. The van der Waals surface area contributed by atoms with Gasteiger partial charge in [-0.25, -0.2) is 0 Å². The van der Waals surface area contributed by atoms with E-state index in [2.05, 4.69) is 6.92 Å². The third kappa shape index (κ3) is 2.46. The molecule has 0 saturated carbocycles. The normalized spacial score (nSPS) is 22.5. The number of likely N-dealkylation sites (tertiary alicyclic amines) is 1. The van der Waals surface area contributed by atoms with Gasteiger partial charge in [-0.15, -0.1) is 0 Å². The summed E-state index contributed by atoms with van der Waals surface area (Å²) < 4.78 is 6.52. The maximum atomic E-state index is 5.31. The Bertz CT molecular complexity index is 103. The van der Waals surface area contributed by atoms with Gasteiger partial charge in [-0.1, -0.05) is 6.92 Å². The van der Waals surface area contributed by atoms with Crippen LogP contribution in [0.5, 0.6) is 0 Å². The van der Waals surface area contributed by atoms with Crippen LogP contribution in [0.15, 0.2) is 0 Å². The highest BCUT2D eigenvalue weighted by molar-refractivity contribution is 4.51. The molecule has 0 radical (unpaired) electrons. The number of hydrogen-bond acceptors (Lipinski definition) is 1. The van der Waals surface area contributed by atoms with E-state index in [1.54, 1.807) is 0 Å². The number of hydrogen-bond donors (Lipinski definition) is 0. The fourth-order valence-corrected chi connectivity index (χ4v) is 2.35. The van der Waals surface area contributed by atoms with Crippen LogP contribution in [-0.2, 0) is 4.74 Å². The van der Waals surface area contributed by atoms with Crippen LogP contribution in [0.3, 0.4) is 0 Å². The molecule has 1 aliphatic heterocycles. The van der Waals surface area contributed by atoms with Gasteiger partial charge in [0.25, 0.3) is 0 Å². The highest BCUT2D eigenvalue weighted by Crippen LogP contribution is 2.19. The molecule has 72 valence electrons. The second-order valence-corrected chi connectivity index (χ2v) is 3.99. The lowest BCUT2D eigenvalue weighted by atomic mass is 10.1. The highest BCUT2D eigenvalue weighted by Gasteiger charge is 2.28. The van der Waals surface area contributed by atoms with Gasteiger partial charge in [0.2, 0.25) is 0 Å². The Labute approximate surface area is 76.1 Å². The van der Waals surface area contributed by atoms with Gasteiger partial charge in [-0.05, 0) is 25.7 Å². The summed E-state index contributed by atoms with van der Waals surface area (Å²) in [6.45, 7) is 7.16. The van der Waals surface area contributed by atoms with Crippen molar-refractivity contribution in [3.63, 3.8) is 0 Å². The van der Waals surface area contributed by atoms with Crippen molar-refractivity contribution in [1.82, 2.24) is 0 Å². The molecule has 0 spiro atoms. The molecule has 0 N–H and O–H groups in total. The molecule has 12 heavy (non-hydrogen) atoms. The van der Waals surface area contributed by atoms with Gasteiger partial charge in [0, 0.05) is 7.11 Å². The first-order chi connectivity index (χ1) is 5.83. The minimum absolute atomic E-state index is 0.924. The Morgan fingerprint density at radius 2 is 1.83 bits per heavy atom. The molecule has 0 unspecified atom stereocenters. The number of quaternary nitrogens is 1. The van der Waals surface area contributed by atoms with Crippen LogP contribution in [-0.4, -0.2) is 38.0 Å². The molecule has 1 heterocycles. The van der Waals surface area contributed by atoms with Crippen LogP contribution in [0.1, 0.15) is 32.6 Å². The Morgan fingerprint density at radius 3 is 2.33 bits per heavy atom. The zero-order valence-electron chi connectivity index (χ0n) is 8.51. The second-order valence-electron chi connectivity index (χ2n) is 3.99. The van der Waals surface area contributed by atoms with Crippen molar-refractivity contribution >= 4 is 0 Å². The van der Waals surface area contributed by atoms with Crippen molar-refractivity contribution < 1.29 is 9.22 Å². The minimum atomic E-state index is 0.924. The monoisotopic (exact) mass is 172 g/mol. The first kappa shape index (κ1) is 10.0. The number of rotatable bonds is 4. The molecule has 0 amide bonds. The molecular formula is C10H22NO+. The molecule has 2 nitrogen and oxygen atoms in total. The van der Waals surface area contributed by atoms with Gasteiger partial charge < -0.3 is 9.22 Å². The van der Waals surface area contributed by atoms with Crippen molar-refractivity contribution in [3.8, 4) is 0 Å². The summed E-state index contributed by atoms with van der Waals surface area (Å²) in [5.41, 5.74) is 0. The van der Waals surface area contributed by atoms with Crippen LogP contribution < -0.4 is 0 Å². The Kier molecular flexibility index (Phi) is 4.02. The lowest BCUT2D eigenvalue weighted by Crippen LogP contribution is -2.52. The zero-order valence-corrected chi connectivity index (χ0v) is 8.51. The lowest BCUT2D eigenvalue weighted by Gasteiger charge is -2.40. The first-order valence-electron chi connectivity index (χ1n) is 5.17. The number of nitrogens with zero attached hydrogens (tertiary/aromatic N) is 1. The van der Waals surface area contributed by atoms with Gasteiger partial charge in [0.15, 0.2) is 6.73 Å². The molecule has 1 fully saturated rings. The summed E-state index contributed by atoms with van der Waals surface area (Å²) in [4.78, 5) is 0. The summed E-state index contributed by atoms with van der Waals surface area (Å²) >= 11 is 0. The van der Waals surface area contributed by atoms with Gasteiger partial charge in [0.1, 0.15) is 0 Å². The number of ether oxygens (including phenoxy) is 1. The third-order valence-electron chi connectivity index (χ3n) is 2.87. The van der Waals surface area contributed by atoms with E-state index in [0.717, 1.165) is 6.73 Å². The van der Waals surface area contributed by atoms with Crippen LogP contribution in [0.4, 0.5) is 0 Å². The fraction of sp³-hybridized carbons (Fsp3) is 1.00.